The third kappa shape index (κ3) is 3.59. The fourth-order valence-electron chi connectivity index (χ4n) is 3.42. The quantitative estimate of drug-likeness (QED) is 0.500. The first-order chi connectivity index (χ1) is 13.9. The van der Waals surface area contributed by atoms with Crippen molar-refractivity contribution in [2.24, 2.45) is 0 Å². The fraction of sp³-hybridized carbons (Fsp3) is 0.167. The molecular weight excluding hydrogens is 362 g/mol. The Labute approximate surface area is 168 Å². The summed E-state index contributed by atoms with van der Waals surface area (Å²) < 4.78 is 1.92. The molecule has 5 heteroatoms. The van der Waals surface area contributed by atoms with Gasteiger partial charge < -0.3 is 4.57 Å². The molecule has 0 saturated carbocycles. The van der Waals surface area contributed by atoms with Crippen molar-refractivity contribution in [3.05, 3.63) is 105 Å². The summed E-state index contributed by atoms with van der Waals surface area (Å²) in [6.07, 6.45) is 3.18. The molecule has 0 radical (unpaired) electrons. The number of carbonyl (C=O) groups excluding carboxylic acids is 1. The minimum atomic E-state index is -0.317. The minimum absolute atomic E-state index is 0.140. The van der Waals surface area contributed by atoms with E-state index in [1.807, 2.05) is 61.7 Å². The van der Waals surface area contributed by atoms with Crippen molar-refractivity contribution in [2.75, 3.05) is 0 Å². The van der Waals surface area contributed by atoms with Crippen LogP contribution in [0, 0.1) is 20.8 Å². The molecule has 3 aromatic heterocycles. The summed E-state index contributed by atoms with van der Waals surface area (Å²) in [6.45, 7) is 6.20. The molecule has 0 atom stereocenters. The lowest BCUT2D eigenvalue weighted by Gasteiger charge is -2.13. The number of rotatable bonds is 4. The number of fused-ring (bicyclic) bond motifs is 1. The van der Waals surface area contributed by atoms with Crippen molar-refractivity contribution in [1.29, 1.82) is 0 Å². The second-order valence-electron chi connectivity index (χ2n) is 7.24. The van der Waals surface area contributed by atoms with Crippen molar-refractivity contribution < 1.29 is 4.79 Å². The molecule has 0 spiro atoms. The molecule has 4 aromatic rings. The van der Waals surface area contributed by atoms with Crippen LogP contribution in [0.2, 0.25) is 0 Å². The number of benzene rings is 1. The van der Waals surface area contributed by atoms with Crippen molar-refractivity contribution in [3.63, 3.8) is 0 Å². The van der Waals surface area contributed by atoms with Crippen LogP contribution >= 0.6 is 0 Å². The van der Waals surface area contributed by atoms with Gasteiger partial charge in [0.05, 0.1) is 23.3 Å². The van der Waals surface area contributed by atoms with Gasteiger partial charge in [0.1, 0.15) is 0 Å². The highest BCUT2D eigenvalue weighted by molar-refractivity contribution is 6.10. The Balaban J connectivity index is 1.88. The summed E-state index contributed by atoms with van der Waals surface area (Å²) in [7, 11) is 0. The van der Waals surface area contributed by atoms with Crippen LogP contribution in [-0.4, -0.2) is 20.3 Å². The van der Waals surface area contributed by atoms with E-state index in [9.17, 15) is 9.59 Å². The maximum atomic E-state index is 13.2. The minimum Gasteiger partial charge on any atom is -0.340 e. The highest BCUT2D eigenvalue weighted by Crippen LogP contribution is 2.17. The number of carbonyl (C=O) groups is 1. The van der Waals surface area contributed by atoms with E-state index in [-0.39, 0.29) is 16.8 Å². The Morgan fingerprint density at radius 3 is 2.59 bits per heavy atom. The lowest BCUT2D eigenvalue weighted by molar-refractivity contribution is 0.103. The Bertz CT molecular complexity index is 1310. The summed E-state index contributed by atoms with van der Waals surface area (Å²) in [5.41, 5.74) is 4.63. The standard InChI is InChI=1S/C24H21N3O2/c1-15-11-18(12-25-17(15)3)23(28)21-14-27(13-19-8-6-7-16(2)26-19)22-10-5-4-9-20(22)24(21)29/h4-12,14H,13H2,1-3H3. The molecule has 1 aromatic carbocycles. The van der Waals surface area contributed by atoms with Gasteiger partial charge in [-0.05, 0) is 56.7 Å². The zero-order valence-corrected chi connectivity index (χ0v) is 16.6. The molecule has 0 fully saturated rings. The monoisotopic (exact) mass is 383 g/mol. The highest BCUT2D eigenvalue weighted by Gasteiger charge is 2.18. The number of hydrogen-bond donors (Lipinski definition) is 0. The van der Waals surface area contributed by atoms with Crippen LogP contribution in [0.25, 0.3) is 10.9 Å². The second-order valence-corrected chi connectivity index (χ2v) is 7.24. The number of aromatic nitrogens is 3. The van der Waals surface area contributed by atoms with Gasteiger partial charge in [-0.15, -0.1) is 0 Å². The number of ketones is 1. The van der Waals surface area contributed by atoms with E-state index in [1.165, 1.54) is 6.20 Å². The zero-order valence-electron chi connectivity index (χ0n) is 16.6. The van der Waals surface area contributed by atoms with E-state index in [1.54, 1.807) is 18.3 Å². The normalized spacial score (nSPS) is 11.0. The molecule has 4 rings (SSSR count). The van der Waals surface area contributed by atoms with E-state index in [0.29, 0.717) is 17.5 Å². The Kier molecular flexibility index (Phi) is 4.80. The van der Waals surface area contributed by atoms with E-state index < -0.39 is 0 Å². The molecule has 3 heterocycles. The third-order valence-electron chi connectivity index (χ3n) is 5.11. The van der Waals surface area contributed by atoms with Gasteiger partial charge in [-0.3, -0.25) is 19.6 Å². The fourth-order valence-corrected chi connectivity index (χ4v) is 3.42. The smallest absolute Gasteiger partial charge is 0.200 e. The number of aryl methyl sites for hydroxylation is 3. The molecular formula is C24H21N3O2. The largest absolute Gasteiger partial charge is 0.340 e. The summed E-state index contributed by atoms with van der Waals surface area (Å²) in [5.74, 6) is -0.317. The van der Waals surface area contributed by atoms with Gasteiger partial charge >= 0.3 is 0 Å². The first-order valence-electron chi connectivity index (χ1n) is 9.46. The average Bonchev–Trinajstić information content (AvgIpc) is 2.72. The van der Waals surface area contributed by atoms with Crippen LogP contribution in [0.1, 0.15) is 38.6 Å². The second kappa shape index (κ2) is 7.43. The summed E-state index contributed by atoms with van der Waals surface area (Å²) >= 11 is 0. The molecule has 0 bridgehead atoms. The van der Waals surface area contributed by atoms with Crippen LogP contribution in [-0.2, 0) is 6.54 Å². The van der Waals surface area contributed by atoms with Crippen LogP contribution in [0.3, 0.4) is 0 Å². The Hall–Kier alpha value is -3.60. The number of pyridine rings is 3. The van der Waals surface area contributed by atoms with Crippen LogP contribution in [0.4, 0.5) is 0 Å². The van der Waals surface area contributed by atoms with Gasteiger partial charge in [0.25, 0.3) is 0 Å². The van der Waals surface area contributed by atoms with Crippen molar-refractivity contribution >= 4 is 16.7 Å². The molecule has 0 unspecified atom stereocenters. The third-order valence-corrected chi connectivity index (χ3v) is 5.11. The Morgan fingerprint density at radius 1 is 1.03 bits per heavy atom. The predicted molar refractivity (Wildman–Crippen MR) is 113 cm³/mol. The van der Waals surface area contributed by atoms with E-state index >= 15 is 0 Å². The SMILES string of the molecule is Cc1cccc(Cn2cc(C(=O)c3cnc(C)c(C)c3)c(=O)c3ccccc32)n1. The van der Waals surface area contributed by atoms with Crippen LogP contribution in [0.5, 0.6) is 0 Å². The molecule has 0 N–H and O–H groups in total. The highest BCUT2D eigenvalue weighted by atomic mass is 16.1. The number of hydrogen-bond acceptors (Lipinski definition) is 4. The molecule has 0 saturated heterocycles. The molecule has 0 aliphatic carbocycles. The average molecular weight is 383 g/mol. The Morgan fingerprint density at radius 2 is 1.83 bits per heavy atom. The predicted octanol–water partition coefficient (Wildman–Crippen LogP) is 4.00. The van der Waals surface area contributed by atoms with Gasteiger partial charge in [-0.25, -0.2) is 0 Å². The molecule has 29 heavy (non-hydrogen) atoms. The van der Waals surface area contributed by atoms with E-state index in [4.69, 9.17) is 0 Å². The van der Waals surface area contributed by atoms with Gasteiger partial charge in [-0.1, -0.05) is 18.2 Å². The number of nitrogens with zero attached hydrogens (tertiary/aromatic N) is 3. The van der Waals surface area contributed by atoms with Crippen LogP contribution < -0.4 is 5.43 Å². The van der Waals surface area contributed by atoms with E-state index in [0.717, 1.165) is 28.2 Å². The molecule has 0 amide bonds. The first-order valence-corrected chi connectivity index (χ1v) is 9.46. The first kappa shape index (κ1) is 18.7. The van der Waals surface area contributed by atoms with E-state index in [2.05, 4.69) is 9.97 Å². The topological polar surface area (TPSA) is 64.8 Å². The summed E-state index contributed by atoms with van der Waals surface area (Å²) in [5, 5.41) is 0.516. The summed E-state index contributed by atoms with van der Waals surface area (Å²) in [4.78, 5) is 35.1. The van der Waals surface area contributed by atoms with Crippen molar-refractivity contribution in [2.45, 2.75) is 27.3 Å². The van der Waals surface area contributed by atoms with Gasteiger partial charge in [0.2, 0.25) is 5.43 Å². The summed E-state index contributed by atoms with van der Waals surface area (Å²) in [6, 6.07) is 15.0. The molecule has 0 aliphatic rings. The maximum absolute atomic E-state index is 13.2. The van der Waals surface area contributed by atoms with Gasteiger partial charge in [0, 0.05) is 34.7 Å². The molecule has 0 aliphatic heterocycles. The van der Waals surface area contributed by atoms with Crippen molar-refractivity contribution in [1.82, 2.24) is 14.5 Å². The number of para-hydroxylation sites is 1. The van der Waals surface area contributed by atoms with Crippen molar-refractivity contribution in [3.8, 4) is 0 Å². The lowest BCUT2D eigenvalue weighted by Crippen LogP contribution is -2.20. The molecule has 5 nitrogen and oxygen atoms in total. The van der Waals surface area contributed by atoms with Gasteiger partial charge in [0.15, 0.2) is 5.78 Å². The van der Waals surface area contributed by atoms with Gasteiger partial charge in [-0.2, -0.15) is 0 Å². The molecule has 144 valence electrons. The maximum Gasteiger partial charge on any atom is 0.200 e. The van der Waals surface area contributed by atoms with Crippen LogP contribution in [0.15, 0.2) is 65.7 Å². The zero-order chi connectivity index (χ0) is 20.5. The lowest BCUT2D eigenvalue weighted by atomic mass is 10.0.